The van der Waals surface area contributed by atoms with E-state index < -0.39 is 40.4 Å². The van der Waals surface area contributed by atoms with Crippen molar-refractivity contribution in [3.05, 3.63) is 70.3 Å². The average molecular weight is 499 g/mol. The van der Waals surface area contributed by atoms with Gasteiger partial charge in [-0.2, -0.15) is 5.06 Å². The molecule has 2 aliphatic rings. The number of hydrogen-bond donors (Lipinski definition) is 1. The van der Waals surface area contributed by atoms with E-state index in [1.54, 1.807) is 30.3 Å². The Hall–Kier alpha value is -4.52. The molecule has 4 rings (SSSR count). The number of hydroxylamine groups is 2. The lowest BCUT2D eigenvalue weighted by molar-refractivity contribution is -0.384. The van der Waals surface area contributed by atoms with Crippen LogP contribution in [0.3, 0.4) is 0 Å². The fraction of sp³-hybridized carbons (Fsp3) is 0.304. The summed E-state index contributed by atoms with van der Waals surface area (Å²) in [6, 6.07) is 12.8. The molecule has 2 amide bonds. The Morgan fingerprint density at radius 3 is 2.50 bits per heavy atom. The topological polar surface area (TPSA) is 164 Å². The molecule has 2 aromatic carbocycles. The van der Waals surface area contributed by atoms with Gasteiger partial charge in [0.25, 0.3) is 17.5 Å². The molecule has 2 aliphatic heterocycles. The number of nitrogens with one attached hydrogen (secondary N) is 1. The zero-order valence-corrected chi connectivity index (χ0v) is 18.8. The summed E-state index contributed by atoms with van der Waals surface area (Å²) in [5, 5.41) is 13.9. The molecular weight excluding hydrogens is 478 g/mol. The van der Waals surface area contributed by atoms with Crippen molar-refractivity contribution in [2.75, 3.05) is 13.2 Å². The first-order valence-corrected chi connectivity index (χ1v) is 10.8. The first kappa shape index (κ1) is 24.6. The number of carbonyl (C=O) groups excluding carboxylic acids is 4. The fourth-order valence-electron chi connectivity index (χ4n) is 3.62. The lowest BCUT2D eigenvalue weighted by Crippen LogP contribution is -2.57. The van der Waals surface area contributed by atoms with Gasteiger partial charge in [-0.1, -0.05) is 18.2 Å². The molecule has 2 aromatic rings. The first-order valence-electron chi connectivity index (χ1n) is 10.8. The summed E-state index contributed by atoms with van der Waals surface area (Å²) in [5.74, 6) is -2.72. The Labute approximate surface area is 204 Å². The van der Waals surface area contributed by atoms with Crippen LogP contribution < -0.4 is 10.1 Å². The number of para-hydroxylation sites is 1. The molecule has 1 unspecified atom stereocenters. The maximum atomic E-state index is 13.0. The normalized spacial score (nSPS) is 21.1. The lowest BCUT2D eigenvalue weighted by atomic mass is 10.1. The Bertz CT molecular complexity index is 1170. The predicted octanol–water partition coefficient (Wildman–Crippen LogP) is 1.01. The number of cyclic esters (lactones) is 1. The Morgan fingerprint density at radius 2 is 1.86 bits per heavy atom. The van der Waals surface area contributed by atoms with Crippen molar-refractivity contribution in [3.63, 3.8) is 0 Å². The van der Waals surface area contributed by atoms with Crippen LogP contribution in [0.1, 0.15) is 18.4 Å². The predicted molar refractivity (Wildman–Crippen MR) is 118 cm³/mol. The van der Waals surface area contributed by atoms with Crippen molar-refractivity contribution in [1.82, 2.24) is 10.4 Å². The number of ether oxygens (including phenoxy) is 3. The maximum Gasteiger partial charge on any atom is 0.375 e. The van der Waals surface area contributed by atoms with E-state index in [1.165, 1.54) is 24.3 Å². The highest BCUT2D eigenvalue weighted by Crippen LogP contribution is 2.35. The van der Waals surface area contributed by atoms with E-state index in [2.05, 4.69) is 5.32 Å². The number of non-ortho nitro benzene ring substituents is 1. The van der Waals surface area contributed by atoms with Gasteiger partial charge in [0.15, 0.2) is 6.61 Å². The average Bonchev–Trinajstić information content (AvgIpc) is 3.45. The summed E-state index contributed by atoms with van der Waals surface area (Å²) >= 11 is 0. The molecule has 2 atom stereocenters. The molecule has 2 heterocycles. The number of amides is 2. The van der Waals surface area contributed by atoms with Crippen molar-refractivity contribution in [2.24, 2.45) is 0 Å². The van der Waals surface area contributed by atoms with Crippen LogP contribution in [0, 0.1) is 10.1 Å². The summed E-state index contributed by atoms with van der Waals surface area (Å²) in [6.07, 6.45) is -0.379. The highest BCUT2D eigenvalue weighted by molar-refractivity contribution is 5.94. The van der Waals surface area contributed by atoms with Gasteiger partial charge in [0.05, 0.1) is 11.3 Å². The van der Waals surface area contributed by atoms with E-state index in [-0.39, 0.29) is 38.3 Å². The minimum absolute atomic E-state index is 0.135. The van der Waals surface area contributed by atoms with Crippen molar-refractivity contribution in [2.45, 2.75) is 31.2 Å². The molecule has 0 radical (unpaired) electrons. The molecule has 0 bridgehead atoms. The molecule has 2 fully saturated rings. The van der Waals surface area contributed by atoms with Gasteiger partial charge in [0, 0.05) is 18.6 Å². The number of benzene rings is 2. The van der Waals surface area contributed by atoms with Gasteiger partial charge in [-0.25, -0.2) is 4.79 Å². The summed E-state index contributed by atoms with van der Waals surface area (Å²) in [5.41, 5.74) is -1.86. The van der Waals surface area contributed by atoms with E-state index in [0.717, 1.165) is 0 Å². The van der Waals surface area contributed by atoms with Crippen LogP contribution in [-0.4, -0.2) is 58.7 Å². The van der Waals surface area contributed by atoms with Crippen LogP contribution >= 0.6 is 0 Å². The van der Waals surface area contributed by atoms with Crippen LogP contribution in [0.25, 0.3) is 0 Å². The molecule has 1 N–H and O–H groups in total. The van der Waals surface area contributed by atoms with Crippen LogP contribution in [0.5, 0.6) is 5.75 Å². The van der Waals surface area contributed by atoms with E-state index in [1.807, 2.05) is 0 Å². The molecule has 36 heavy (non-hydrogen) atoms. The number of nitro groups is 1. The van der Waals surface area contributed by atoms with Crippen molar-refractivity contribution >= 4 is 29.4 Å². The van der Waals surface area contributed by atoms with Crippen LogP contribution in [0.15, 0.2) is 54.6 Å². The zero-order valence-electron chi connectivity index (χ0n) is 18.8. The van der Waals surface area contributed by atoms with Gasteiger partial charge >= 0.3 is 17.7 Å². The van der Waals surface area contributed by atoms with Crippen LogP contribution in [-0.2, 0) is 40.1 Å². The third-order valence-electron chi connectivity index (χ3n) is 5.43. The lowest BCUT2D eigenvalue weighted by Gasteiger charge is -2.32. The van der Waals surface area contributed by atoms with Crippen LogP contribution in [0.2, 0.25) is 0 Å². The van der Waals surface area contributed by atoms with E-state index in [4.69, 9.17) is 19.0 Å². The Balaban J connectivity index is 1.38. The summed E-state index contributed by atoms with van der Waals surface area (Å²) in [4.78, 5) is 65.7. The second-order valence-corrected chi connectivity index (χ2v) is 7.91. The highest BCUT2D eigenvalue weighted by Gasteiger charge is 2.60. The van der Waals surface area contributed by atoms with Gasteiger partial charge < -0.3 is 19.5 Å². The summed E-state index contributed by atoms with van der Waals surface area (Å²) in [7, 11) is 0. The van der Waals surface area contributed by atoms with Crippen LogP contribution in [0.4, 0.5) is 5.69 Å². The number of esters is 2. The molecule has 13 heteroatoms. The van der Waals surface area contributed by atoms with E-state index in [9.17, 15) is 29.3 Å². The number of carbonyl (C=O) groups is 4. The molecular formula is C23H21N3O10. The third-order valence-corrected chi connectivity index (χ3v) is 5.43. The maximum absolute atomic E-state index is 13.0. The molecule has 0 aromatic heterocycles. The monoisotopic (exact) mass is 499 g/mol. The standard InChI is InChI=1S/C23H21N3O10/c27-19(14-33-17-4-2-1-3-5-17)24-18-13-35-25(21(18)29)23(11-10-20(28)36-23)22(30)34-12-15-6-8-16(9-7-15)26(31)32/h1-9,18H,10-14H2,(H,24,27)/t18-,23?/m0/s1. The minimum Gasteiger partial charge on any atom is -0.484 e. The zero-order chi connectivity index (χ0) is 25.7. The quantitative estimate of drug-likeness (QED) is 0.299. The van der Waals surface area contributed by atoms with Gasteiger partial charge in [-0.3, -0.25) is 29.3 Å². The number of nitro benzene ring substituents is 1. The Kier molecular flexibility index (Phi) is 7.10. The van der Waals surface area contributed by atoms with Crippen molar-refractivity contribution < 1.29 is 43.1 Å². The summed E-state index contributed by atoms with van der Waals surface area (Å²) < 4.78 is 15.8. The summed E-state index contributed by atoms with van der Waals surface area (Å²) in [6.45, 7) is -0.953. The third kappa shape index (κ3) is 5.25. The second kappa shape index (κ2) is 10.4. The first-order chi connectivity index (χ1) is 17.3. The fourth-order valence-corrected chi connectivity index (χ4v) is 3.62. The van der Waals surface area contributed by atoms with Gasteiger partial charge in [-0.05, 0) is 29.8 Å². The van der Waals surface area contributed by atoms with Gasteiger partial charge in [0.2, 0.25) is 0 Å². The SMILES string of the molecule is O=C(COc1ccccc1)N[C@H]1CON(C2(C(=O)OCc3ccc([N+](=O)[O-])cc3)CCC(=O)O2)C1=O. The van der Waals surface area contributed by atoms with Gasteiger partial charge in [0.1, 0.15) is 25.0 Å². The van der Waals surface area contributed by atoms with Crippen molar-refractivity contribution in [1.29, 1.82) is 0 Å². The number of rotatable bonds is 9. The largest absolute Gasteiger partial charge is 0.484 e. The molecule has 13 nitrogen and oxygen atoms in total. The van der Waals surface area contributed by atoms with Gasteiger partial charge in [-0.15, -0.1) is 0 Å². The highest BCUT2D eigenvalue weighted by atomic mass is 16.8. The number of hydrogen-bond acceptors (Lipinski definition) is 10. The number of nitrogens with zero attached hydrogens (tertiary/aromatic N) is 2. The molecule has 0 spiro atoms. The molecule has 0 aliphatic carbocycles. The van der Waals surface area contributed by atoms with Crippen molar-refractivity contribution in [3.8, 4) is 5.75 Å². The smallest absolute Gasteiger partial charge is 0.375 e. The minimum atomic E-state index is -2.16. The Morgan fingerprint density at radius 1 is 1.14 bits per heavy atom. The molecule has 0 saturated carbocycles. The molecule has 2 saturated heterocycles. The van der Waals surface area contributed by atoms with E-state index >= 15 is 0 Å². The second-order valence-electron chi connectivity index (χ2n) is 7.91. The van der Waals surface area contributed by atoms with E-state index in [0.29, 0.717) is 16.4 Å². The molecule has 188 valence electrons.